The number of carbonyl (C=O) groups is 3. The molecule has 2 aliphatic heterocycles. The first-order chi connectivity index (χ1) is 22.7. The van der Waals surface area contributed by atoms with Crippen molar-refractivity contribution in [3.8, 4) is 0 Å². The third-order valence-electron chi connectivity index (χ3n) is 7.90. The quantitative estimate of drug-likeness (QED) is 0.173. The van der Waals surface area contributed by atoms with Gasteiger partial charge in [0.05, 0.1) is 36.3 Å². The summed E-state index contributed by atoms with van der Waals surface area (Å²) < 4.78 is 4.87. The maximum atomic E-state index is 13.2. The number of hydrogen-bond acceptors (Lipinski definition) is 8. The van der Waals surface area contributed by atoms with E-state index < -0.39 is 5.97 Å². The predicted octanol–water partition coefficient (Wildman–Crippen LogP) is 6.33. The Bertz CT molecular complexity index is 1540. The van der Waals surface area contributed by atoms with E-state index in [1.54, 1.807) is 18.2 Å². The second-order valence-electron chi connectivity index (χ2n) is 11.6. The number of ether oxygens (including phenoxy) is 1. The van der Waals surface area contributed by atoms with E-state index in [4.69, 9.17) is 9.72 Å². The summed E-state index contributed by atoms with van der Waals surface area (Å²) in [7, 11) is 3.45. The van der Waals surface area contributed by atoms with Gasteiger partial charge in [0.15, 0.2) is 5.78 Å². The van der Waals surface area contributed by atoms with Crippen LogP contribution in [0.2, 0.25) is 0 Å². The van der Waals surface area contributed by atoms with Crippen molar-refractivity contribution in [2.45, 2.75) is 54.4 Å². The fourth-order valence-corrected chi connectivity index (χ4v) is 5.57. The molecule has 9 nitrogen and oxygen atoms in total. The number of benzene rings is 2. The molecule has 0 atom stereocenters. The van der Waals surface area contributed by atoms with Gasteiger partial charge in [-0.15, -0.1) is 0 Å². The molecule has 0 radical (unpaired) electrons. The van der Waals surface area contributed by atoms with Crippen molar-refractivity contribution in [1.29, 1.82) is 0 Å². The number of likely N-dealkylation sites (N-methyl/N-ethyl adjacent to an activating group) is 1. The van der Waals surface area contributed by atoms with E-state index in [1.807, 2.05) is 68.1 Å². The minimum absolute atomic E-state index is 0.0930. The third-order valence-corrected chi connectivity index (χ3v) is 7.90. The van der Waals surface area contributed by atoms with Crippen LogP contribution in [0.4, 0.5) is 11.5 Å². The van der Waals surface area contributed by atoms with Crippen LogP contribution < -0.4 is 10.2 Å². The molecule has 1 amide bonds. The number of Topliss-reactive ketones (excluding diaryl/α,β-unsaturated/α-hetero) is 1. The summed E-state index contributed by atoms with van der Waals surface area (Å²) in [5.74, 6) is 0.119. The van der Waals surface area contributed by atoms with E-state index in [0.29, 0.717) is 47.7 Å². The second-order valence-corrected chi connectivity index (χ2v) is 11.6. The summed E-state index contributed by atoms with van der Waals surface area (Å²) in [4.78, 5) is 49.7. The number of ketones is 1. The molecule has 1 N–H and O–H groups in total. The highest BCUT2D eigenvalue weighted by atomic mass is 16.5. The Morgan fingerprint density at radius 1 is 0.894 bits per heavy atom. The Kier molecular flexibility index (Phi) is 14.3. The van der Waals surface area contributed by atoms with Crippen LogP contribution >= 0.6 is 0 Å². The largest absolute Gasteiger partial charge is 0.465 e. The van der Waals surface area contributed by atoms with Gasteiger partial charge in [0.2, 0.25) is 5.91 Å². The summed E-state index contributed by atoms with van der Waals surface area (Å²) in [6, 6.07) is 18.6. The Hall–Kier alpha value is -4.34. The number of aryl methyl sites for hydroxylation is 1. The first-order valence-electron chi connectivity index (χ1n) is 16.6. The fraction of sp³-hybridized carbons (Fsp3) is 0.421. The molecule has 0 spiro atoms. The molecule has 0 saturated carbocycles. The SMILES string of the molecule is CC.CCC.COC(=O)c1ccc(/C(C(C)=O)=C(/Nc2ccc3c(n2)CCN3C(=O)CN2CCN(C)CC2)c2ccccc2)c(C)c1. The Balaban J connectivity index is 0.00000114. The molecule has 0 bridgehead atoms. The zero-order valence-electron chi connectivity index (χ0n) is 29.4. The van der Waals surface area contributed by atoms with E-state index in [1.165, 1.54) is 20.5 Å². The molecule has 2 aromatic carbocycles. The van der Waals surface area contributed by atoms with Gasteiger partial charge in [-0.05, 0) is 61.9 Å². The number of carbonyl (C=O) groups excluding carboxylic acids is 3. The van der Waals surface area contributed by atoms with Gasteiger partial charge in [-0.25, -0.2) is 9.78 Å². The zero-order chi connectivity index (χ0) is 34.5. The van der Waals surface area contributed by atoms with Gasteiger partial charge in [0.1, 0.15) is 5.82 Å². The number of piperazine rings is 1. The maximum absolute atomic E-state index is 13.2. The summed E-state index contributed by atoms with van der Waals surface area (Å²) in [6.45, 7) is 16.4. The van der Waals surface area contributed by atoms with E-state index in [9.17, 15) is 14.4 Å². The molecule has 1 aromatic heterocycles. The number of amides is 1. The number of anilines is 2. The van der Waals surface area contributed by atoms with Crippen LogP contribution in [-0.2, 0) is 20.7 Å². The summed E-state index contributed by atoms with van der Waals surface area (Å²) >= 11 is 0. The topological polar surface area (TPSA) is 95.1 Å². The maximum Gasteiger partial charge on any atom is 0.337 e. The molecule has 1 saturated heterocycles. The normalized spacial score (nSPS) is 14.9. The number of fused-ring (bicyclic) bond motifs is 1. The van der Waals surface area contributed by atoms with Crippen LogP contribution in [0.3, 0.4) is 0 Å². The predicted molar refractivity (Wildman–Crippen MR) is 192 cm³/mol. The molecule has 5 rings (SSSR count). The average molecular weight is 642 g/mol. The Morgan fingerprint density at radius 2 is 1.55 bits per heavy atom. The molecule has 0 aliphatic carbocycles. The monoisotopic (exact) mass is 641 g/mol. The van der Waals surface area contributed by atoms with Crippen molar-refractivity contribution in [3.05, 3.63) is 88.6 Å². The number of esters is 1. The Labute approximate surface area is 280 Å². The molecular formula is C38H51N5O4. The number of nitrogens with one attached hydrogen (secondary N) is 1. The van der Waals surface area contributed by atoms with Crippen molar-refractivity contribution in [3.63, 3.8) is 0 Å². The number of methoxy groups -OCH3 is 1. The highest BCUT2D eigenvalue weighted by molar-refractivity contribution is 6.28. The zero-order valence-corrected chi connectivity index (χ0v) is 29.4. The fourth-order valence-electron chi connectivity index (χ4n) is 5.57. The molecule has 3 heterocycles. The minimum Gasteiger partial charge on any atom is -0.465 e. The van der Waals surface area contributed by atoms with Crippen LogP contribution in [-0.4, -0.2) is 85.9 Å². The Morgan fingerprint density at radius 3 is 2.15 bits per heavy atom. The lowest BCUT2D eigenvalue weighted by molar-refractivity contribution is -0.120. The number of rotatable bonds is 8. The van der Waals surface area contributed by atoms with Gasteiger partial charge in [-0.1, -0.05) is 70.5 Å². The number of allylic oxidation sites excluding steroid dienone is 1. The smallest absolute Gasteiger partial charge is 0.337 e. The van der Waals surface area contributed by atoms with Crippen LogP contribution in [0, 0.1) is 6.92 Å². The van der Waals surface area contributed by atoms with Crippen LogP contribution in [0.25, 0.3) is 11.3 Å². The highest BCUT2D eigenvalue weighted by Crippen LogP contribution is 2.33. The lowest BCUT2D eigenvalue weighted by Gasteiger charge is -2.32. The molecule has 47 heavy (non-hydrogen) atoms. The van der Waals surface area contributed by atoms with Gasteiger partial charge in [-0.2, -0.15) is 0 Å². The molecule has 1 fully saturated rings. The molecule has 3 aromatic rings. The van der Waals surface area contributed by atoms with E-state index in [-0.39, 0.29) is 11.7 Å². The van der Waals surface area contributed by atoms with Crippen molar-refractivity contribution >= 4 is 40.4 Å². The van der Waals surface area contributed by atoms with Crippen LogP contribution in [0.15, 0.2) is 60.7 Å². The van der Waals surface area contributed by atoms with E-state index >= 15 is 0 Å². The number of pyridine rings is 1. The van der Waals surface area contributed by atoms with Crippen LogP contribution in [0.5, 0.6) is 0 Å². The average Bonchev–Trinajstić information content (AvgIpc) is 3.51. The highest BCUT2D eigenvalue weighted by Gasteiger charge is 2.28. The standard InChI is InChI=1S/C33H37N5O4.C3H8.C2H6/c1-22-20-25(33(41)42-4)10-11-26(22)31(23(2)39)32(24-8-6-5-7-9-24)35-29-13-12-28-27(34-29)14-15-38(28)30(40)21-37-18-16-36(3)17-19-37;1-3-2;1-2/h5-13,20H,14-19,21H2,1-4H3,(H,34,35);3H2,1-2H3;1-2H3/b32-31+;;. The van der Waals surface area contributed by atoms with Crippen LogP contribution in [0.1, 0.15) is 73.8 Å². The summed E-state index contributed by atoms with van der Waals surface area (Å²) in [6.07, 6.45) is 1.91. The van der Waals surface area contributed by atoms with Gasteiger partial charge in [0.25, 0.3) is 0 Å². The van der Waals surface area contributed by atoms with Gasteiger partial charge < -0.3 is 19.9 Å². The van der Waals surface area contributed by atoms with E-state index in [2.05, 4.69) is 36.0 Å². The molecule has 2 aliphatic rings. The molecule has 252 valence electrons. The van der Waals surface area contributed by atoms with Crippen molar-refractivity contribution in [2.24, 2.45) is 0 Å². The van der Waals surface area contributed by atoms with Gasteiger partial charge in [-0.3, -0.25) is 14.5 Å². The lowest BCUT2D eigenvalue weighted by Crippen LogP contribution is -2.48. The first kappa shape index (κ1) is 37.1. The second kappa shape index (κ2) is 18.1. The van der Waals surface area contributed by atoms with Crippen molar-refractivity contribution < 1.29 is 19.1 Å². The summed E-state index contributed by atoms with van der Waals surface area (Å²) in [5.41, 5.74) is 5.52. The van der Waals surface area contributed by atoms with Gasteiger partial charge >= 0.3 is 5.97 Å². The molecule has 9 heteroatoms. The number of nitrogens with zero attached hydrogens (tertiary/aromatic N) is 4. The minimum atomic E-state index is -0.433. The molecular weight excluding hydrogens is 590 g/mol. The van der Waals surface area contributed by atoms with Crippen molar-refractivity contribution in [2.75, 3.05) is 63.6 Å². The number of hydrogen-bond donors (Lipinski definition) is 1. The number of aromatic nitrogens is 1. The first-order valence-corrected chi connectivity index (χ1v) is 16.6. The summed E-state index contributed by atoms with van der Waals surface area (Å²) in [5, 5.41) is 3.43. The molecule has 0 unspecified atom stereocenters. The van der Waals surface area contributed by atoms with Crippen molar-refractivity contribution in [1.82, 2.24) is 14.8 Å². The lowest BCUT2D eigenvalue weighted by atomic mass is 9.92. The van der Waals surface area contributed by atoms with E-state index in [0.717, 1.165) is 48.7 Å². The van der Waals surface area contributed by atoms with Gasteiger partial charge in [0, 0.05) is 44.7 Å². The third kappa shape index (κ3) is 9.59.